The van der Waals surface area contributed by atoms with Crippen LogP contribution in [0.4, 0.5) is 0 Å². The van der Waals surface area contributed by atoms with Crippen molar-refractivity contribution in [3.8, 4) is 0 Å². The van der Waals surface area contributed by atoms with Gasteiger partial charge in [0, 0.05) is 18.0 Å². The Balaban J connectivity index is 0.00000289. The van der Waals surface area contributed by atoms with E-state index >= 15 is 0 Å². The standard InChI is InChI=1S/C13H20N2OS.ClH/c1-3-12(13(16)15-10-9-14-2)17-11-7-5-4-6-8-11;/h4-8,12,14H,3,9-10H2,1-2H3,(H,15,16);1H. The predicted octanol–water partition coefficient (Wildman–Crippen LogP) is 2.31. The van der Waals surface area contributed by atoms with E-state index in [0.717, 1.165) is 17.9 Å². The molecule has 1 amide bonds. The van der Waals surface area contributed by atoms with Crippen molar-refractivity contribution in [2.24, 2.45) is 0 Å². The summed E-state index contributed by atoms with van der Waals surface area (Å²) in [6, 6.07) is 10.0. The van der Waals surface area contributed by atoms with Gasteiger partial charge in [0.25, 0.3) is 0 Å². The van der Waals surface area contributed by atoms with E-state index in [1.807, 2.05) is 44.3 Å². The number of hydrogen-bond acceptors (Lipinski definition) is 3. The van der Waals surface area contributed by atoms with E-state index in [1.165, 1.54) is 0 Å². The van der Waals surface area contributed by atoms with Gasteiger partial charge in [-0.05, 0) is 25.6 Å². The first-order valence-corrected chi connectivity index (χ1v) is 6.80. The first-order valence-electron chi connectivity index (χ1n) is 5.92. The van der Waals surface area contributed by atoms with E-state index < -0.39 is 0 Å². The summed E-state index contributed by atoms with van der Waals surface area (Å²) >= 11 is 1.62. The Labute approximate surface area is 120 Å². The molecule has 2 N–H and O–H groups in total. The van der Waals surface area contributed by atoms with Crippen LogP contribution in [0.2, 0.25) is 0 Å². The van der Waals surface area contributed by atoms with Crippen LogP contribution in [0, 0.1) is 0 Å². The van der Waals surface area contributed by atoms with Gasteiger partial charge in [0.1, 0.15) is 0 Å². The number of nitrogens with one attached hydrogen (secondary N) is 2. The summed E-state index contributed by atoms with van der Waals surface area (Å²) in [5.41, 5.74) is 0. The molecule has 18 heavy (non-hydrogen) atoms. The zero-order valence-corrected chi connectivity index (χ0v) is 12.4. The number of halogens is 1. The van der Waals surface area contributed by atoms with Crippen LogP contribution in [0.15, 0.2) is 35.2 Å². The first kappa shape index (κ1) is 17.3. The van der Waals surface area contributed by atoms with Gasteiger partial charge in [-0.25, -0.2) is 0 Å². The number of thioether (sulfide) groups is 1. The Morgan fingerprint density at radius 1 is 1.28 bits per heavy atom. The molecular formula is C13H21ClN2OS. The fourth-order valence-electron chi connectivity index (χ4n) is 1.41. The van der Waals surface area contributed by atoms with Gasteiger partial charge >= 0.3 is 0 Å². The smallest absolute Gasteiger partial charge is 0.233 e. The molecule has 1 rings (SSSR count). The van der Waals surface area contributed by atoms with E-state index in [4.69, 9.17) is 0 Å². The van der Waals surface area contributed by atoms with Gasteiger partial charge in [0.2, 0.25) is 5.91 Å². The van der Waals surface area contributed by atoms with Gasteiger partial charge in [0.15, 0.2) is 0 Å². The van der Waals surface area contributed by atoms with E-state index in [2.05, 4.69) is 10.6 Å². The Morgan fingerprint density at radius 2 is 1.94 bits per heavy atom. The lowest BCUT2D eigenvalue weighted by atomic mass is 10.3. The number of likely N-dealkylation sites (N-methyl/N-ethyl adjacent to an activating group) is 1. The Bertz CT molecular complexity index is 335. The van der Waals surface area contributed by atoms with Crippen molar-refractivity contribution in [1.82, 2.24) is 10.6 Å². The highest BCUT2D eigenvalue weighted by atomic mass is 35.5. The average molecular weight is 289 g/mol. The Kier molecular flexibility index (Phi) is 9.83. The minimum atomic E-state index is -0.00532. The van der Waals surface area contributed by atoms with Crippen molar-refractivity contribution < 1.29 is 4.79 Å². The van der Waals surface area contributed by atoms with Gasteiger partial charge in [-0.1, -0.05) is 25.1 Å². The molecule has 0 radical (unpaired) electrons. The largest absolute Gasteiger partial charge is 0.354 e. The molecule has 0 fully saturated rings. The molecule has 0 heterocycles. The van der Waals surface area contributed by atoms with Crippen LogP contribution in [0.3, 0.4) is 0 Å². The SMILES string of the molecule is CCC(Sc1ccccc1)C(=O)NCCNC.Cl. The number of carbonyl (C=O) groups is 1. The molecule has 3 nitrogen and oxygen atoms in total. The fourth-order valence-corrected chi connectivity index (χ4v) is 2.41. The van der Waals surface area contributed by atoms with Crippen molar-refractivity contribution in [2.45, 2.75) is 23.5 Å². The summed E-state index contributed by atoms with van der Waals surface area (Å²) in [7, 11) is 1.88. The molecule has 5 heteroatoms. The molecule has 1 unspecified atom stereocenters. The molecule has 0 aliphatic carbocycles. The van der Waals surface area contributed by atoms with Crippen molar-refractivity contribution in [2.75, 3.05) is 20.1 Å². The van der Waals surface area contributed by atoms with E-state index in [9.17, 15) is 4.79 Å². The van der Waals surface area contributed by atoms with E-state index in [0.29, 0.717) is 6.54 Å². The van der Waals surface area contributed by atoms with Crippen LogP contribution >= 0.6 is 24.2 Å². The lowest BCUT2D eigenvalue weighted by Gasteiger charge is -2.14. The zero-order valence-electron chi connectivity index (χ0n) is 10.8. The number of hydrogen-bond donors (Lipinski definition) is 2. The third-order valence-corrected chi connectivity index (χ3v) is 3.74. The molecule has 0 aliphatic heterocycles. The predicted molar refractivity (Wildman–Crippen MR) is 80.6 cm³/mol. The molecule has 0 spiro atoms. The van der Waals surface area contributed by atoms with Crippen molar-refractivity contribution in [3.05, 3.63) is 30.3 Å². The normalized spacial score (nSPS) is 11.4. The van der Waals surface area contributed by atoms with Crippen LogP contribution < -0.4 is 10.6 Å². The first-order chi connectivity index (χ1) is 8.27. The third-order valence-electron chi connectivity index (χ3n) is 2.36. The van der Waals surface area contributed by atoms with Gasteiger partial charge in [-0.3, -0.25) is 4.79 Å². The average Bonchev–Trinajstić information content (AvgIpc) is 2.37. The molecule has 0 bridgehead atoms. The minimum absolute atomic E-state index is 0. The summed E-state index contributed by atoms with van der Waals surface area (Å²) in [4.78, 5) is 13.0. The van der Waals surface area contributed by atoms with Crippen LogP contribution in [0.1, 0.15) is 13.3 Å². The summed E-state index contributed by atoms with van der Waals surface area (Å²) in [5, 5.41) is 5.94. The molecule has 1 aromatic rings. The fraction of sp³-hybridized carbons (Fsp3) is 0.462. The lowest BCUT2D eigenvalue weighted by Crippen LogP contribution is -2.36. The second-order valence-corrected chi connectivity index (χ2v) is 5.00. The maximum atomic E-state index is 11.9. The summed E-state index contributed by atoms with van der Waals surface area (Å²) in [6.45, 7) is 3.53. The third kappa shape index (κ3) is 6.28. The second-order valence-electron chi connectivity index (χ2n) is 3.72. The maximum absolute atomic E-state index is 11.9. The topological polar surface area (TPSA) is 41.1 Å². The molecular weight excluding hydrogens is 268 g/mol. The summed E-state index contributed by atoms with van der Waals surface area (Å²) < 4.78 is 0. The lowest BCUT2D eigenvalue weighted by molar-refractivity contribution is -0.120. The van der Waals surface area contributed by atoms with E-state index in [1.54, 1.807) is 11.8 Å². The highest BCUT2D eigenvalue weighted by Crippen LogP contribution is 2.24. The number of rotatable bonds is 7. The van der Waals surface area contributed by atoms with Crippen LogP contribution in [0.5, 0.6) is 0 Å². The summed E-state index contributed by atoms with van der Waals surface area (Å²) in [5.74, 6) is 0.122. The molecule has 0 aromatic heterocycles. The van der Waals surface area contributed by atoms with Crippen LogP contribution in [0.25, 0.3) is 0 Å². The second kappa shape index (κ2) is 10.2. The molecule has 0 saturated carbocycles. The molecule has 0 saturated heterocycles. The number of carbonyl (C=O) groups excluding carboxylic acids is 1. The van der Waals surface area contributed by atoms with Gasteiger partial charge in [0.05, 0.1) is 5.25 Å². The van der Waals surface area contributed by atoms with Gasteiger partial charge in [-0.2, -0.15) is 0 Å². The minimum Gasteiger partial charge on any atom is -0.354 e. The molecule has 102 valence electrons. The maximum Gasteiger partial charge on any atom is 0.233 e. The highest BCUT2D eigenvalue weighted by molar-refractivity contribution is 8.00. The quantitative estimate of drug-likeness (QED) is 0.598. The van der Waals surface area contributed by atoms with Crippen molar-refractivity contribution in [1.29, 1.82) is 0 Å². The van der Waals surface area contributed by atoms with Crippen molar-refractivity contribution >= 4 is 30.1 Å². The Hall–Kier alpha value is -0.710. The van der Waals surface area contributed by atoms with Gasteiger partial charge < -0.3 is 10.6 Å². The van der Waals surface area contributed by atoms with Crippen LogP contribution in [-0.4, -0.2) is 31.3 Å². The number of amides is 1. The molecule has 0 aliphatic rings. The monoisotopic (exact) mass is 288 g/mol. The number of benzene rings is 1. The van der Waals surface area contributed by atoms with E-state index in [-0.39, 0.29) is 23.6 Å². The highest BCUT2D eigenvalue weighted by Gasteiger charge is 2.16. The van der Waals surface area contributed by atoms with Crippen LogP contribution in [-0.2, 0) is 4.79 Å². The molecule has 1 aromatic carbocycles. The zero-order chi connectivity index (χ0) is 12.5. The molecule has 1 atom stereocenters. The summed E-state index contributed by atoms with van der Waals surface area (Å²) in [6.07, 6.45) is 0.838. The van der Waals surface area contributed by atoms with Crippen molar-refractivity contribution in [3.63, 3.8) is 0 Å². The Morgan fingerprint density at radius 3 is 2.50 bits per heavy atom. The van der Waals surface area contributed by atoms with Gasteiger partial charge in [-0.15, -0.1) is 24.2 Å².